The van der Waals surface area contributed by atoms with E-state index < -0.39 is 17.2 Å². The highest BCUT2D eigenvalue weighted by atomic mass is 35.5. The molecule has 0 bridgehead atoms. The second kappa shape index (κ2) is 11.6. The molecule has 7 heteroatoms. The molecule has 0 saturated heterocycles. The molecule has 0 amide bonds. The minimum Gasteiger partial charge on any atom is -0.393 e. The van der Waals surface area contributed by atoms with Gasteiger partial charge in [-0.3, -0.25) is 14.9 Å². The molecule has 1 N–H and O–H groups in total. The van der Waals surface area contributed by atoms with E-state index >= 15 is 0 Å². The summed E-state index contributed by atoms with van der Waals surface area (Å²) in [6.07, 6.45) is 3.34. The standard InChI is InChI=1S/C14H16ClNO3S.C5H12O/c1-9-2-4-10(5-3-9)20-11-6-7-13(16(18)19)12(8-11)14(15)17;1-3-5(6)4-2/h2-5,11-13H,6-8H2,1H3;5-6H,3-4H2,1-2H3/t11-,12+,13+;/m1./s1. The smallest absolute Gasteiger partial charge is 0.231 e. The zero-order valence-electron chi connectivity index (χ0n) is 15.6. The summed E-state index contributed by atoms with van der Waals surface area (Å²) in [7, 11) is 0. The lowest BCUT2D eigenvalue weighted by molar-refractivity contribution is -0.532. The van der Waals surface area contributed by atoms with Gasteiger partial charge in [-0.05, 0) is 56.3 Å². The van der Waals surface area contributed by atoms with Gasteiger partial charge in [0.2, 0.25) is 11.3 Å². The molecule has 0 aromatic heterocycles. The number of aryl methyl sites for hydroxylation is 1. The SMILES string of the molecule is CCC(O)CC.Cc1ccc(S[C@@H]2CC[C@H]([N+](=O)[O-])[C@@H](C(=O)Cl)C2)cc1. The molecular formula is C19H28ClNO4S. The Morgan fingerprint density at radius 3 is 2.31 bits per heavy atom. The number of carbonyl (C=O) groups excluding carboxylic acids is 1. The van der Waals surface area contributed by atoms with Gasteiger partial charge in [-0.15, -0.1) is 11.8 Å². The Hall–Kier alpha value is -1.11. The van der Waals surface area contributed by atoms with Crippen molar-refractivity contribution in [2.75, 3.05) is 0 Å². The summed E-state index contributed by atoms with van der Waals surface area (Å²) in [6, 6.07) is 7.33. The summed E-state index contributed by atoms with van der Waals surface area (Å²) in [5, 5.41) is 19.3. The van der Waals surface area contributed by atoms with Gasteiger partial charge in [-0.25, -0.2) is 0 Å². The molecule has 1 saturated carbocycles. The number of hydrogen-bond acceptors (Lipinski definition) is 5. The molecule has 26 heavy (non-hydrogen) atoms. The van der Waals surface area contributed by atoms with Crippen molar-refractivity contribution in [3.63, 3.8) is 0 Å². The molecule has 0 aliphatic heterocycles. The fraction of sp³-hybridized carbons (Fsp3) is 0.632. The first-order valence-corrected chi connectivity index (χ1v) is 10.3. The summed E-state index contributed by atoms with van der Waals surface area (Å²) in [5.74, 6) is -0.664. The number of rotatable bonds is 6. The zero-order chi connectivity index (χ0) is 19.7. The molecule has 2 rings (SSSR count). The lowest BCUT2D eigenvalue weighted by atomic mass is 9.85. The lowest BCUT2D eigenvalue weighted by Gasteiger charge is -2.28. The molecular weight excluding hydrogens is 374 g/mol. The number of aliphatic hydroxyl groups is 1. The Balaban J connectivity index is 0.000000487. The molecule has 5 nitrogen and oxygen atoms in total. The van der Waals surface area contributed by atoms with E-state index in [-0.39, 0.29) is 16.3 Å². The Kier molecular flexibility index (Phi) is 10.2. The summed E-state index contributed by atoms with van der Waals surface area (Å²) < 4.78 is 0. The van der Waals surface area contributed by atoms with Crippen LogP contribution < -0.4 is 0 Å². The maximum Gasteiger partial charge on any atom is 0.231 e. The highest BCUT2D eigenvalue weighted by Gasteiger charge is 2.41. The van der Waals surface area contributed by atoms with Crippen LogP contribution in [0.25, 0.3) is 0 Å². The molecule has 1 aliphatic rings. The molecule has 3 atom stereocenters. The topological polar surface area (TPSA) is 80.4 Å². The first-order chi connectivity index (χ1) is 12.3. The van der Waals surface area contributed by atoms with Crippen molar-refractivity contribution in [1.29, 1.82) is 0 Å². The number of nitro groups is 1. The number of halogens is 1. The van der Waals surface area contributed by atoms with Gasteiger partial charge >= 0.3 is 0 Å². The van der Waals surface area contributed by atoms with Crippen molar-refractivity contribution in [1.82, 2.24) is 0 Å². The molecule has 1 aromatic carbocycles. The minimum atomic E-state index is -0.824. The van der Waals surface area contributed by atoms with Crippen LogP contribution in [0.1, 0.15) is 51.5 Å². The van der Waals surface area contributed by atoms with E-state index in [9.17, 15) is 14.9 Å². The van der Waals surface area contributed by atoms with Crippen LogP contribution in [0.15, 0.2) is 29.2 Å². The summed E-state index contributed by atoms with van der Waals surface area (Å²) in [5.41, 5.74) is 1.19. The second-order valence-electron chi connectivity index (χ2n) is 6.60. The molecule has 1 fully saturated rings. The molecule has 0 radical (unpaired) electrons. The Morgan fingerprint density at radius 2 is 1.88 bits per heavy atom. The normalized spacial score (nSPS) is 22.5. The van der Waals surface area contributed by atoms with Crippen molar-refractivity contribution in [3.8, 4) is 0 Å². The van der Waals surface area contributed by atoms with Crippen molar-refractivity contribution >= 4 is 28.6 Å². The average molecular weight is 402 g/mol. The highest BCUT2D eigenvalue weighted by molar-refractivity contribution is 8.00. The number of carbonyl (C=O) groups is 1. The molecule has 0 unspecified atom stereocenters. The van der Waals surface area contributed by atoms with E-state index in [0.717, 1.165) is 24.2 Å². The van der Waals surface area contributed by atoms with Crippen LogP contribution in [0.3, 0.4) is 0 Å². The fourth-order valence-electron chi connectivity index (χ4n) is 2.82. The van der Waals surface area contributed by atoms with Crippen molar-refractivity contribution < 1.29 is 14.8 Å². The van der Waals surface area contributed by atoms with E-state index in [1.165, 1.54) is 5.56 Å². The fourth-order valence-corrected chi connectivity index (χ4v) is 4.29. The van der Waals surface area contributed by atoms with Crippen LogP contribution in [0.2, 0.25) is 0 Å². The van der Waals surface area contributed by atoms with Gasteiger partial charge < -0.3 is 5.11 Å². The van der Waals surface area contributed by atoms with Gasteiger partial charge in [0.25, 0.3) is 0 Å². The van der Waals surface area contributed by atoms with Crippen molar-refractivity contribution in [3.05, 3.63) is 39.9 Å². The van der Waals surface area contributed by atoms with Crippen LogP contribution in [-0.2, 0) is 4.79 Å². The Morgan fingerprint density at radius 1 is 1.31 bits per heavy atom. The van der Waals surface area contributed by atoms with Gasteiger partial charge in [-0.2, -0.15) is 0 Å². The third kappa shape index (κ3) is 7.64. The Labute approximate surface area is 164 Å². The van der Waals surface area contributed by atoms with E-state index in [0.29, 0.717) is 12.8 Å². The zero-order valence-corrected chi connectivity index (χ0v) is 17.1. The molecule has 0 heterocycles. The number of hydrogen-bond donors (Lipinski definition) is 1. The van der Waals surface area contributed by atoms with Crippen LogP contribution in [0, 0.1) is 23.0 Å². The van der Waals surface area contributed by atoms with Gasteiger partial charge in [-0.1, -0.05) is 31.5 Å². The maximum absolute atomic E-state index is 11.4. The monoisotopic (exact) mass is 401 g/mol. The van der Waals surface area contributed by atoms with Gasteiger partial charge in [0.05, 0.1) is 6.10 Å². The largest absolute Gasteiger partial charge is 0.393 e. The number of thioether (sulfide) groups is 1. The molecule has 0 spiro atoms. The quantitative estimate of drug-likeness (QED) is 0.419. The molecule has 146 valence electrons. The number of aliphatic hydroxyl groups excluding tert-OH is 1. The predicted octanol–water partition coefficient (Wildman–Crippen LogP) is 4.83. The van der Waals surface area contributed by atoms with E-state index in [2.05, 4.69) is 0 Å². The van der Waals surface area contributed by atoms with Crippen molar-refractivity contribution in [2.24, 2.45) is 5.92 Å². The van der Waals surface area contributed by atoms with E-state index in [4.69, 9.17) is 16.7 Å². The molecule has 1 aliphatic carbocycles. The van der Waals surface area contributed by atoms with E-state index in [1.807, 2.05) is 45.0 Å². The van der Waals surface area contributed by atoms with Crippen LogP contribution in [0.4, 0.5) is 0 Å². The predicted molar refractivity (Wildman–Crippen MR) is 106 cm³/mol. The highest BCUT2D eigenvalue weighted by Crippen LogP contribution is 2.38. The van der Waals surface area contributed by atoms with Crippen LogP contribution in [-0.4, -0.2) is 32.7 Å². The van der Waals surface area contributed by atoms with E-state index in [1.54, 1.807) is 11.8 Å². The number of nitrogens with zero attached hydrogens (tertiary/aromatic N) is 1. The third-order valence-corrected chi connectivity index (χ3v) is 6.18. The van der Waals surface area contributed by atoms with Crippen molar-refractivity contribution in [2.45, 2.75) is 75.2 Å². The van der Waals surface area contributed by atoms with Gasteiger partial charge in [0.1, 0.15) is 5.92 Å². The molecule has 1 aromatic rings. The first kappa shape index (κ1) is 22.9. The summed E-state index contributed by atoms with van der Waals surface area (Å²) in [6.45, 7) is 5.99. The lowest BCUT2D eigenvalue weighted by Crippen LogP contribution is -2.39. The summed E-state index contributed by atoms with van der Waals surface area (Å²) in [4.78, 5) is 23.1. The summed E-state index contributed by atoms with van der Waals surface area (Å²) >= 11 is 7.21. The maximum atomic E-state index is 11.4. The average Bonchev–Trinajstić information content (AvgIpc) is 2.63. The first-order valence-electron chi connectivity index (χ1n) is 9.02. The van der Waals surface area contributed by atoms with Crippen LogP contribution >= 0.6 is 23.4 Å². The second-order valence-corrected chi connectivity index (χ2v) is 8.35. The van der Waals surface area contributed by atoms with Crippen LogP contribution in [0.5, 0.6) is 0 Å². The van der Waals surface area contributed by atoms with Gasteiger partial charge in [0, 0.05) is 21.5 Å². The third-order valence-electron chi connectivity index (χ3n) is 4.59. The van der Waals surface area contributed by atoms with Gasteiger partial charge in [0.15, 0.2) is 0 Å². The number of benzene rings is 1. The Bertz CT molecular complexity index is 577. The minimum absolute atomic E-state index is 0.0648.